The highest BCUT2D eigenvalue weighted by Crippen LogP contribution is 2.54. The van der Waals surface area contributed by atoms with E-state index in [0.717, 1.165) is 17.7 Å². The number of rotatable bonds is 5. The van der Waals surface area contributed by atoms with E-state index in [1.807, 2.05) is 0 Å². The quantitative estimate of drug-likeness (QED) is 0.761. The average molecular weight is 314 g/mol. The van der Waals surface area contributed by atoms with Gasteiger partial charge < -0.3 is 0 Å². The predicted octanol–water partition coefficient (Wildman–Crippen LogP) is 5.52. The molecule has 0 amide bonds. The molecule has 2 rings (SSSR count). The van der Waals surface area contributed by atoms with Crippen molar-refractivity contribution in [2.24, 2.45) is 5.14 Å². The molecule has 1 unspecified atom stereocenters. The van der Waals surface area contributed by atoms with E-state index >= 15 is 0 Å². The van der Waals surface area contributed by atoms with Crippen LogP contribution in [0.3, 0.4) is 0 Å². The molecule has 0 fully saturated rings. The Balaban J connectivity index is 2.25. The van der Waals surface area contributed by atoms with Gasteiger partial charge >= 0.3 is 0 Å². The van der Waals surface area contributed by atoms with Crippen LogP contribution in [0.5, 0.6) is 0 Å². The van der Waals surface area contributed by atoms with Crippen molar-refractivity contribution in [3.8, 4) is 0 Å². The van der Waals surface area contributed by atoms with E-state index in [4.69, 9.17) is 5.14 Å². The maximum Gasteiger partial charge on any atom is 0.0180 e. The second kappa shape index (κ2) is 7.17. The molecule has 1 atom stereocenters. The standard InChI is InChI=1S/C20H27NS/c1-16(2)19-10-8-9-18(13-14-19)15-22(21,17(3)4)20-11-6-5-7-12-20/h5-7,9-14,17H,1,8,15,21H2,2-4H3. The number of benzene rings is 1. The molecule has 0 spiro atoms. The van der Waals surface area contributed by atoms with E-state index < -0.39 is 10.2 Å². The van der Waals surface area contributed by atoms with E-state index in [1.54, 1.807) is 0 Å². The molecule has 0 radical (unpaired) electrons. The third kappa shape index (κ3) is 3.82. The third-order valence-electron chi connectivity index (χ3n) is 4.12. The number of hydrogen-bond donors (Lipinski definition) is 1. The molecule has 2 N–H and O–H groups in total. The number of allylic oxidation sites excluding steroid dienone is 6. The largest absolute Gasteiger partial charge is 0.290 e. The van der Waals surface area contributed by atoms with Crippen molar-refractivity contribution in [2.45, 2.75) is 37.3 Å². The van der Waals surface area contributed by atoms with Gasteiger partial charge in [0.1, 0.15) is 0 Å². The Morgan fingerprint density at radius 2 is 1.86 bits per heavy atom. The smallest absolute Gasteiger partial charge is 0.0180 e. The molecule has 0 aromatic heterocycles. The monoisotopic (exact) mass is 313 g/mol. The van der Waals surface area contributed by atoms with Crippen molar-refractivity contribution in [1.29, 1.82) is 0 Å². The Morgan fingerprint density at radius 3 is 2.45 bits per heavy atom. The van der Waals surface area contributed by atoms with Crippen LogP contribution in [0.15, 0.2) is 82.8 Å². The molecule has 0 saturated carbocycles. The molecule has 0 saturated heterocycles. The van der Waals surface area contributed by atoms with Crippen LogP contribution < -0.4 is 5.14 Å². The van der Waals surface area contributed by atoms with Crippen LogP contribution in [0.1, 0.15) is 27.2 Å². The summed E-state index contributed by atoms with van der Waals surface area (Å²) in [5.74, 6) is 0.933. The number of hydrogen-bond acceptors (Lipinski definition) is 1. The normalized spacial score (nSPS) is 19.0. The van der Waals surface area contributed by atoms with Crippen LogP contribution in [0, 0.1) is 0 Å². The first-order valence-corrected chi connectivity index (χ1v) is 9.72. The average Bonchev–Trinajstić information content (AvgIpc) is 2.73. The van der Waals surface area contributed by atoms with Gasteiger partial charge in [0.05, 0.1) is 0 Å². The van der Waals surface area contributed by atoms with E-state index in [9.17, 15) is 0 Å². The van der Waals surface area contributed by atoms with Crippen molar-refractivity contribution < 1.29 is 0 Å². The summed E-state index contributed by atoms with van der Waals surface area (Å²) in [4.78, 5) is 1.29. The van der Waals surface area contributed by atoms with E-state index in [2.05, 4.69) is 82.0 Å². The molecule has 1 aliphatic carbocycles. The maximum absolute atomic E-state index is 6.91. The topological polar surface area (TPSA) is 26.0 Å². The van der Waals surface area contributed by atoms with Crippen LogP contribution >= 0.6 is 10.2 Å². The molecular formula is C20H27NS. The van der Waals surface area contributed by atoms with E-state index in [1.165, 1.54) is 16.0 Å². The van der Waals surface area contributed by atoms with Gasteiger partial charge in [0.25, 0.3) is 0 Å². The summed E-state index contributed by atoms with van der Waals surface area (Å²) in [6.45, 7) is 10.6. The molecule has 118 valence electrons. The van der Waals surface area contributed by atoms with Gasteiger partial charge in [0, 0.05) is 10.6 Å². The van der Waals surface area contributed by atoms with Gasteiger partial charge in [-0.1, -0.05) is 68.5 Å². The summed E-state index contributed by atoms with van der Waals surface area (Å²) in [5.41, 5.74) is 3.68. The van der Waals surface area contributed by atoms with Crippen molar-refractivity contribution >= 4 is 10.2 Å². The summed E-state index contributed by atoms with van der Waals surface area (Å²) in [7, 11) is -1.35. The summed E-state index contributed by atoms with van der Waals surface area (Å²) in [6, 6.07) is 10.6. The lowest BCUT2D eigenvalue weighted by atomic mass is 10.1. The first kappa shape index (κ1) is 16.9. The van der Waals surface area contributed by atoms with Crippen molar-refractivity contribution in [1.82, 2.24) is 0 Å². The molecule has 1 nitrogen and oxygen atoms in total. The van der Waals surface area contributed by atoms with Crippen LogP contribution in [0.2, 0.25) is 0 Å². The maximum atomic E-state index is 6.91. The van der Waals surface area contributed by atoms with E-state index in [0.29, 0.717) is 5.25 Å². The lowest BCUT2D eigenvalue weighted by Gasteiger charge is -2.40. The highest BCUT2D eigenvalue weighted by Gasteiger charge is 2.26. The Morgan fingerprint density at radius 1 is 1.18 bits per heavy atom. The molecule has 22 heavy (non-hydrogen) atoms. The van der Waals surface area contributed by atoms with Gasteiger partial charge in [0.15, 0.2) is 0 Å². The molecule has 0 bridgehead atoms. The molecular weight excluding hydrogens is 286 g/mol. The van der Waals surface area contributed by atoms with Crippen LogP contribution in [0.4, 0.5) is 0 Å². The zero-order chi connectivity index (χ0) is 16.2. The minimum absolute atomic E-state index is 0.445. The van der Waals surface area contributed by atoms with Gasteiger partial charge in [-0.3, -0.25) is 5.14 Å². The first-order valence-electron chi connectivity index (χ1n) is 7.79. The lowest BCUT2D eigenvalue weighted by Crippen LogP contribution is -2.25. The summed E-state index contributed by atoms with van der Waals surface area (Å²) in [5, 5.41) is 7.36. The molecule has 2 heteroatoms. The van der Waals surface area contributed by atoms with Gasteiger partial charge in [0.2, 0.25) is 0 Å². The van der Waals surface area contributed by atoms with E-state index in [-0.39, 0.29) is 0 Å². The molecule has 0 heterocycles. The van der Waals surface area contributed by atoms with Crippen LogP contribution in [-0.2, 0) is 0 Å². The van der Waals surface area contributed by atoms with Crippen LogP contribution in [0.25, 0.3) is 0 Å². The fraction of sp³-hybridized carbons (Fsp3) is 0.300. The van der Waals surface area contributed by atoms with Crippen molar-refractivity contribution in [2.75, 3.05) is 5.75 Å². The fourth-order valence-electron chi connectivity index (χ4n) is 2.57. The van der Waals surface area contributed by atoms with Gasteiger partial charge in [-0.25, -0.2) is 0 Å². The van der Waals surface area contributed by atoms with Crippen molar-refractivity contribution in [3.63, 3.8) is 0 Å². The SMILES string of the molecule is C=C(C)C1=CCC=C(CS(N)(c2ccccc2)C(C)C)C=C1. The summed E-state index contributed by atoms with van der Waals surface area (Å²) in [6.07, 6.45) is 9.87. The Labute approximate surface area is 136 Å². The highest BCUT2D eigenvalue weighted by atomic mass is 32.3. The first-order chi connectivity index (χ1) is 10.4. The lowest BCUT2D eigenvalue weighted by molar-refractivity contribution is 1.07. The summed E-state index contributed by atoms with van der Waals surface area (Å²) < 4.78 is 0. The van der Waals surface area contributed by atoms with Gasteiger partial charge in [-0.2, -0.15) is 10.2 Å². The zero-order valence-corrected chi connectivity index (χ0v) is 14.7. The minimum Gasteiger partial charge on any atom is -0.290 e. The second-order valence-corrected chi connectivity index (χ2v) is 9.55. The highest BCUT2D eigenvalue weighted by molar-refractivity contribution is 8.32. The van der Waals surface area contributed by atoms with Gasteiger partial charge in [-0.05, 0) is 41.9 Å². The predicted molar refractivity (Wildman–Crippen MR) is 101 cm³/mol. The zero-order valence-electron chi connectivity index (χ0n) is 13.9. The Bertz CT molecular complexity index is 622. The molecule has 0 aliphatic heterocycles. The van der Waals surface area contributed by atoms with Crippen molar-refractivity contribution in [3.05, 3.63) is 77.9 Å². The fourth-order valence-corrected chi connectivity index (χ4v) is 5.04. The second-order valence-electron chi connectivity index (χ2n) is 6.14. The molecule has 1 aromatic rings. The molecule has 1 aromatic carbocycles. The third-order valence-corrected chi connectivity index (χ3v) is 7.76. The Kier molecular flexibility index (Phi) is 5.49. The van der Waals surface area contributed by atoms with Gasteiger partial charge in [-0.15, -0.1) is 0 Å². The number of nitrogens with two attached hydrogens (primary N) is 1. The molecule has 1 aliphatic rings. The van der Waals surface area contributed by atoms with Crippen LogP contribution in [-0.4, -0.2) is 11.0 Å². The summed E-state index contributed by atoms with van der Waals surface area (Å²) >= 11 is 0. The minimum atomic E-state index is -1.35. The Hall–Kier alpha value is -1.51.